The molecule has 0 unspecified atom stereocenters. The normalized spacial score (nSPS) is 10.7. The van der Waals surface area contributed by atoms with Crippen molar-refractivity contribution in [3.8, 4) is 5.75 Å². The van der Waals surface area contributed by atoms with Gasteiger partial charge in [-0.25, -0.2) is 5.10 Å². The van der Waals surface area contributed by atoms with Crippen molar-refractivity contribution in [1.82, 2.24) is 15.2 Å². The van der Waals surface area contributed by atoms with Crippen molar-refractivity contribution in [3.63, 3.8) is 0 Å². The topological polar surface area (TPSA) is 93.0 Å². The van der Waals surface area contributed by atoms with Crippen LogP contribution in [0.5, 0.6) is 5.75 Å². The van der Waals surface area contributed by atoms with Gasteiger partial charge in [-0.05, 0) is 18.2 Å². The highest BCUT2D eigenvalue weighted by Crippen LogP contribution is 2.27. The maximum atomic E-state index is 12.6. The third kappa shape index (κ3) is 3.07. The molecule has 0 saturated carbocycles. The molecule has 2 aromatic heterocycles. The van der Waals surface area contributed by atoms with E-state index < -0.39 is 5.91 Å². The van der Waals surface area contributed by atoms with E-state index in [4.69, 9.17) is 9.15 Å². The first-order chi connectivity index (χ1) is 12.3. The minimum absolute atomic E-state index is 0.188. The molecular weight excluding hydrogens is 320 g/mol. The molecule has 0 saturated heterocycles. The predicted octanol–water partition coefficient (Wildman–Crippen LogP) is 3.38. The highest BCUT2D eigenvalue weighted by atomic mass is 16.5. The number of hydrogen-bond donors (Lipinski definition) is 2. The molecule has 0 radical (unpaired) electrons. The minimum atomic E-state index is -0.417. The first-order valence-corrected chi connectivity index (χ1v) is 7.66. The predicted molar refractivity (Wildman–Crippen MR) is 91.3 cm³/mol. The number of nitrogens with one attached hydrogen (secondary N) is 2. The number of furan rings is 1. The van der Waals surface area contributed by atoms with Crippen LogP contribution in [0.3, 0.4) is 0 Å². The zero-order valence-corrected chi connectivity index (χ0v) is 13.1. The fraction of sp³-hybridized carbons (Fsp3) is 0.0556. The lowest BCUT2D eigenvalue weighted by Gasteiger charge is -2.06. The lowest BCUT2D eigenvalue weighted by atomic mass is 10.1. The van der Waals surface area contributed by atoms with Gasteiger partial charge in [0.05, 0.1) is 0 Å². The molecule has 124 valence electrons. The zero-order chi connectivity index (χ0) is 17.1. The van der Waals surface area contributed by atoms with E-state index in [1.165, 1.54) is 6.33 Å². The van der Waals surface area contributed by atoms with Gasteiger partial charge >= 0.3 is 0 Å². The molecule has 0 fully saturated rings. The van der Waals surface area contributed by atoms with Crippen molar-refractivity contribution in [2.75, 3.05) is 5.32 Å². The molecule has 2 heterocycles. The molecule has 2 N–H and O–H groups in total. The number of H-pyrrole nitrogens is 1. The van der Waals surface area contributed by atoms with Gasteiger partial charge in [0, 0.05) is 10.9 Å². The molecule has 4 rings (SSSR count). The Morgan fingerprint density at radius 1 is 1.12 bits per heavy atom. The van der Waals surface area contributed by atoms with Gasteiger partial charge in [0.1, 0.15) is 24.3 Å². The second kappa shape index (κ2) is 6.48. The van der Waals surface area contributed by atoms with E-state index in [0.29, 0.717) is 11.1 Å². The standard InChI is InChI=1S/C18H14N4O3/c23-17(21-18-19-11-20-22-18)16-14(10-24-12-6-2-1-3-7-12)13-8-4-5-9-15(13)25-16/h1-9,11H,10H2,(H2,19,20,21,22,23). The van der Waals surface area contributed by atoms with Crippen LogP contribution < -0.4 is 10.1 Å². The molecule has 0 aliphatic rings. The smallest absolute Gasteiger partial charge is 0.294 e. The summed E-state index contributed by atoms with van der Waals surface area (Å²) in [5, 5.41) is 9.74. The number of anilines is 1. The van der Waals surface area contributed by atoms with Crippen molar-refractivity contribution < 1.29 is 13.9 Å². The Morgan fingerprint density at radius 3 is 2.72 bits per heavy atom. The molecule has 0 spiro atoms. The molecule has 7 heteroatoms. The first-order valence-electron chi connectivity index (χ1n) is 7.66. The third-order valence-corrected chi connectivity index (χ3v) is 3.68. The van der Waals surface area contributed by atoms with Crippen molar-refractivity contribution in [1.29, 1.82) is 0 Å². The first kappa shape index (κ1) is 14.9. The summed E-state index contributed by atoms with van der Waals surface area (Å²) in [6.45, 7) is 0.209. The monoisotopic (exact) mass is 334 g/mol. The number of aromatic amines is 1. The average molecular weight is 334 g/mol. The van der Waals surface area contributed by atoms with Crippen molar-refractivity contribution in [3.05, 3.63) is 72.2 Å². The maximum Gasteiger partial charge on any atom is 0.294 e. The van der Waals surface area contributed by atoms with Crippen LogP contribution in [0, 0.1) is 0 Å². The quantitative estimate of drug-likeness (QED) is 0.583. The highest BCUT2D eigenvalue weighted by molar-refractivity contribution is 6.05. The molecule has 0 aliphatic heterocycles. The summed E-state index contributed by atoms with van der Waals surface area (Å²) in [4.78, 5) is 16.5. The average Bonchev–Trinajstić information content (AvgIpc) is 3.28. The zero-order valence-electron chi connectivity index (χ0n) is 13.1. The number of para-hydroxylation sites is 2. The van der Waals surface area contributed by atoms with Crippen LogP contribution >= 0.6 is 0 Å². The summed E-state index contributed by atoms with van der Waals surface area (Å²) in [6.07, 6.45) is 1.31. The molecule has 0 bridgehead atoms. The van der Waals surface area contributed by atoms with Gasteiger partial charge in [0.25, 0.3) is 5.91 Å². The highest BCUT2D eigenvalue weighted by Gasteiger charge is 2.21. The lowest BCUT2D eigenvalue weighted by Crippen LogP contribution is -2.14. The van der Waals surface area contributed by atoms with E-state index in [0.717, 1.165) is 11.1 Å². The van der Waals surface area contributed by atoms with Crippen LogP contribution in [-0.4, -0.2) is 21.1 Å². The second-order valence-electron chi connectivity index (χ2n) is 5.30. The van der Waals surface area contributed by atoms with Crippen LogP contribution in [-0.2, 0) is 6.61 Å². The summed E-state index contributed by atoms with van der Waals surface area (Å²) < 4.78 is 11.6. The molecule has 0 atom stereocenters. The number of rotatable bonds is 5. The van der Waals surface area contributed by atoms with Crippen LogP contribution in [0.15, 0.2) is 65.3 Å². The van der Waals surface area contributed by atoms with E-state index in [-0.39, 0.29) is 18.3 Å². The molecule has 0 aliphatic carbocycles. The third-order valence-electron chi connectivity index (χ3n) is 3.68. The number of ether oxygens (including phenoxy) is 1. The Balaban J connectivity index is 1.66. The molecule has 4 aromatic rings. The van der Waals surface area contributed by atoms with Crippen LogP contribution in [0.1, 0.15) is 16.1 Å². The van der Waals surface area contributed by atoms with Crippen LogP contribution in [0.4, 0.5) is 5.95 Å². The van der Waals surface area contributed by atoms with Crippen molar-refractivity contribution in [2.24, 2.45) is 0 Å². The number of amides is 1. The Morgan fingerprint density at radius 2 is 1.92 bits per heavy atom. The maximum absolute atomic E-state index is 12.6. The summed E-state index contributed by atoms with van der Waals surface area (Å²) in [5.74, 6) is 0.739. The SMILES string of the molecule is O=C(Nc1ncn[nH]1)c1oc2ccccc2c1COc1ccccc1. The van der Waals surface area contributed by atoms with Gasteiger partial charge in [-0.1, -0.05) is 36.4 Å². The van der Waals surface area contributed by atoms with Gasteiger partial charge in [-0.3, -0.25) is 10.1 Å². The Bertz CT molecular complexity index is 994. The Labute approximate surface area is 142 Å². The number of carbonyl (C=O) groups is 1. The van der Waals surface area contributed by atoms with Gasteiger partial charge in [0.15, 0.2) is 5.76 Å². The van der Waals surface area contributed by atoms with Gasteiger partial charge in [-0.15, -0.1) is 0 Å². The van der Waals surface area contributed by atoms with E-state index in [2.05, 4.69) is 20.5 Å². The van der Waals surface area contributed by atoms with E-state index in [1.54, 1.807) is 0 Å². The Kier molecular flexibility index (Phi) is 3.88. The van der Waals surface area contributed by atoms with Crippen LogP contribution in [0.2, 0.25) is 0 Å². The number of fused-ring (bicyclic) bond motifs is 1. The summed E-state index contributed by atoms with van der Waals surface area (Å²) >= 11 is 0. The Hall–Kier alpha value is -3.61. The number of nitrogens with zero attached hydrogens (tertiary/aromatic N) is 2. The molecule has 7 nitrogen and oxygen atoms in total. The second-order valence-corrected chi connectivity index (χ2v) is 5.30. The van der Waals surface area contributed by atoms with E-state index >= 15 is 0 Å². The fourth-order valence-corrected chi connectivity index (χ4v) is 2.53. The van der Waals surface area contributed by atoms with E-state index in [1.807, 2.05) is 54.6 Å². The molecule has 2 aromatic carbocycles. The van der Waals surface area contributed by atoms with Gasteiger partial charge in [0.2, 0.25) is 5.95 Å². The van der Waals surface area contributed by atoms with Crippen molar-refractivity contribution >= 4 is 22.8 Å². The summed E-state index contributed by atoms with van der Waals surface area (Å²) in [5.41, 5.74) is 1.30. The number of carbonyl (C=O) groups excluding carboxylic acids is 1. The summed E-state index contributed by atoms with van der Waals surface area (Å²) in [6, 6.07) is 16.9. The molecule has 25 heavy (non-hydrogen) atoms. The van der Waals surface area contributed by atoms with Gasteiger partial charge in [-0.2, -0.15) is 10.1 Å². The molecule has 1 amide bonds. The number of hydrogen-bond acceptors (Lipinski definition) is 5. The number of aromatic nitrogens is 3. The number of benzene rings is 2. The van der Waals surface area contributed by atoms with E-state index in [9.17, 15) is 4.79 Å². The summed E-state index contributed by atoms with van der Waals surface area (Å²) in [7, 11) is 0. The van der Waals surface area contributed by atoms with Crippen LogP contribution in [0.25, 0.3) is 11.0 Å². The fourth-order valence-electron chi connectivity index (χ4n) is 2.53. The molecular formula is C18H14N4O3. The largest absolute Gasteiger partial charge is 0.489 e. The van der Waals surface area contributed by atoms with Crippen molar-refractivity contribution in [2.45, 2.75) is 6.61 Å². The minimum Gasteiger partial charge on any atom is -0.489 e. The lowest BCUT2D eigenvalue weighted by molar-refractivity contribution is 0.0994. The van der Waals surface area contributed by atoms with Gasteiger partial charge < -0.3 is 9.15 Å².